The Hall–Kier alpha value is -1.04. The number of nitrogens with zero attached hydrogens (tertiary/aromatic N) is 1. The van der Waals surface area contributed by atoms with Gasteiger partial charge in [0, 0.05) is 32.7 Å². The van der Waals surface area contributed by atoms with Crippen molar-refractivity contribution in [2.75, 3.05) is 39.5 Å². The number of halogens is 2. The van der Waals surface area contributed by atoms with Crippen LogP contribution in [0.1, 0.15) is 5.56 Å². The van der Waals surface area contributed by atoms with Crippen molar-refractivity contribution in [1.82, 2.24) is 10.2 Å². The lowest BCUT2D eigenvalue weighted by molar-refractivity contribution is 0.174. The molecule has 0 radical (unpaired) electrons. The molecule has 0 bridgehead atoms. The van der Waals surface area contributed by atoms with Gasteiger partial charge in [0.2, 0.25) is 6.79 Å². The van der Waals surface area contributed by atoms with E-state index in [4.69, 9.17) is 21.1 Å². The summed E-state index contributed by atoms with van der Waals surface area (Å²) in [6.07, 6.45) is 0.627. The SMILES string of the molecule is Fc1c(CCN2CCNCC2)cc2c(c1Cl)OCO2. The molecule has 6 heteroatoms. The first-order chi connectivity index (χ1) is 9.25. The second kappa shape index (κ2) is 5.53. The van der Waals surface area contributed by atoms with Gasteiger partial charge in [0.05, 0.1) is 0 Å². The monoisotopic (exact) mass is 286 g/mol. The maximum atomic E-state index is 14.1. The van der Waals surface area contributed by atoms with Gasteiger partial charge in [-0.05, 0) is 18.1 Å². The average Bonchev–Trinajstić information content (AvgIpc) is 2.91. The highest BCUT2D eigenvalue weighted by Gasteiger charge is 2.23. The van der Waals surface area contributed by atoms with Gasteiger partial charge < -0.3 is 19.7 Å². The molecule has 0 amide bonds. The molecule has 0 aromatic heterocycles. The zero-order valence-electron chi connectivity index (χ0n) is 10.5. The quantitative estimate of drug-likeness (QED) is 0.916. The molecule has 19 heavy (non-hydrogen) atoms. The molecule has 4 nitrogen and oxygen atoms in total. The van der Waals surface area contributed by atoms with E-state index in [1.54, 1.807) is 6.07 Å². The molecule has 0 saturated carbocycles. The molecule has 0 aliphatic carbocycles. The number of ether oxygens (including phenoxy) is 2. The van der Waals surface area contributed by atoms with Crippen molar-refractivity contribution in [2.45, 2.75) is 6.42 Å². The van der Waals surface area contributed by atoms with Crippen LogP contribution in [0, 0.1) is 5.82 Å². The molecule has 2 aliphatic heterocycles. The van der Waals surface area contributed by atoms with Gasteiger partial charge >= 0.3 is 0 Å². The summed E-state index contributed by atoms with van der Waals surface area (Å²) in [5.74, 6) is 0.479. The third kappa shape index (κ3) is 2.63. The summed E-state index contributed by atoms with van der Waals surface area (Å²) in [7, 11) is 0. The first-order valence-corrected chi connectivity index (χ1v) is 6.83. The molecule has 1 fully saturated rings. The number of hydrogen-bond donors (Lipinski definition) is 1. The van der Waals surface area contributed by atoms with Crippen LogP contribution in [0.4, 0.5) is 4.39 Å². The summed E-state index contributed by atoms with van der Waals surface area (Å²) in [5, 5.41) is 3.33. The van der Waals surface area contributed by atoms with Crippen LogP contribution in [0.3, 0.4) is 0 Å². The van der Waals surface area contributed by atoms with Crippen LogP contribution in [0.2, 0.25) is 5.02 Å². The van der Waals surface area contributed by atoms with Crippen LogP contribution in [0.25, 0.3) is 0 Å². The minimum absolute atomic E-state index is 0.0327. The summed E-state index contributed by atoms with van der Waals surface area (Å²) in [6.45, 7) is 4.92. The lowest BCUT2D eigenvalue weighted by Crippen LogP contribution is -2.44. The zero-order chi connectivity index (χ0) is 13.2. The molecule has 1 N–H and O–H groups in total. The fourth-order valence-electron chi connectivity index (χ4n) is 2.42. The maximum absolute atomic E-state index is 14.1. The number of rotatable bonds is 3. The Morgan fingerprint density at radius 2 is 2.11 bits per heavy atom. The predicted molar refractivity (Wildman–Crippen MR) is 70.5 cm³/mol. The van der Waals surface area contributed by atoms with E-state index in [2.05, 4.69) is 10.2 Å². The molecule has 0 spiro atoms. The molecular formula is C13H16ClFN2O2. The van der Waals surface area contributed by atoms with Crippen molar-refractivity contribution >= 4 is 11.6 Å². The minimum atomic E-state index is -0.388. The summed E-state index contributed by atoms with van der Waals surface area (Å²) < 4.78 is 24.5. The van der Waals surface area contributed by atoms with E-state index in [-0.39, 0.29) is 17.6 Å². The fraction of sp³-hybridized carbons (Fsp3) is 0.538. The van der Waals surface area contributed by atoms with E-state index in [0.717, 1.165) is 32.7 Å². The van der Waals surface area contributed by atoms with Gasteiger partial charge in [0.1, 0.15) is 10.8 Å². The Labute approximate surface area is 116 Å². The average molecular weight is 287 g/mol. The van der Waals surface area contributed by atoms with Crippen molar-refractivity contribution in [3.63, 3.8) is 0 Å². The normalized spacial score (nSPS) is 18.8. The van der Waals surface area contributed by atoms with Crippen LogP contribution in [0.15, 0.2) is 6.07 Å². The lowest BCUT2D eigenvalue weighted by Gasteiger charge is -2.27. The first-order valence-electron chi connectivity index (χ1n) is 6.45. The highest BCUT2D eigenvalue weighted by Crippen LogP contribution is 2.42. The van der Waals surface area contributed by atoms with Crippen molar-refractivity contribution in [3.8, 4) is 11.5 Å². The number of piperazine rings is 1. The summed E-state index contributed by atoms with van der Waals surface area (Å²) in [5.41, 5.74) is 0.591. The molecule has 1 aromatic carbocycles. The molecule has 1 aromatic rings. The summed E-state index contributed by atoms with van der Waals surface area (Å²) >= 11 is 5.96. The van der Waals surface area contributed by atoms with Crippen molar-refractivity contribution in [3.05, 3.63) is 22.5 Å². The lowest BCUT2D eigenvalue weighted by atomic mass is 10.1. The molecule has 0 atom stereocenters. The fourth-order valence-corrected chi connectivity index (χ4v) is 2.69. The molecule has 1 saturated heterocycles. The maximum Gasteiger partial charge on any atom is 0.231 e. The van der Waals surface area contributed by atoms with E-state index in [1.165, 1.54) is 0 Å². The standard InChI is InChI=1S/C13H16ClFN2O2/c14-11-12(15)9(7-10-13(11)19-8-18-10)1-4-17-5-2-16-3-6-17/h7,16H,1-6,8H2. The van der Waals surface area contributed by atoms with E-state index < -0.39 is 0 Å². The number of benzene rings is 1. The Balaban J connectivity index is 1.72. The second-order valence-electron chi connectivity index (χ2n) is 4.74. The highest BCUT2D eigenvalue weighted by molar-refractivity contribution is 6.32. The van der Waals surface area contributed by atoms with Crippen LogP contribution in [-0.2, 0) is 6.42 Å². The van der Waals surface area contributed by atoms with Gasteiger partial charge in [-0.25, -0.2) is 4.39 Å². The number of fused-ring (bicyclic) bond motifs is 1. The van der Waals surface area contributed by atoms with E-state index >= 15 is 0 Å². The van der Waals surface area contributed by atoms with Crippen molar-refractivity contribution in [1.29, 1.82) is 0 Å². The van der Waals surface area contributed by atoms with E-state index in [0.29, 0.717) is 23.5 Å². The highest BCUT2D eigenvalue weighted by atomic mass is 35.5. The Morgan fingerprint density at radius 1 is 1.32 bits per heavy atom. The van der Waals surface area contributed by atoms with Gasteiger partial charge in [-0.2, -0.15) is 0 Å². The van der Waals surface area contributed by atoms with E-state index in [9.17, 15) is 4.39 Å². The van der Waals surface area contributed by atoms with Gasteiger partial charge in [0.15, 0.2) is 11.5 Å². The first kappa shape index (κ1) is 13.0. The van der Waals surface area contributed by atoms with Crippen LogP contribution in [0.5, 0.6) is 11.5 Å². The Bertz CT molecular complexity index is 478. The third-order valence-corrected chi connectivity index (χ3v) is 3.87. The molecule has 2 heterocycles. The molecule has 3 rings (SSSR count). The summed E-state index contributed by atoms with van der Waals surface area (Å²) in [4.78, 5) is 2.31. The van der Waals surface area contributed by atoms with Gasteiger partial charge in [-0.15, -0.1) is 0 Å². The molecule has 0 unspecified atom stereocenters. The largest absolute Gasteiger partial charge is 0.454 e. The number of nitrogens with one attached hydrogen (secondary N) is 1. The second-order valence-corrected chi connectivity index (χ2v) is 5.12. The van der Waals surface area contributed by atoms with Gasteiger partial charge in [-0.3, -0.25) is 0 Å². The zero-order valence-corrected chi connectivity index (χ0v) is 11.3. The predicted octanol–water partition coefficient (Wildman–Crippen LogP) is 1.66. The molecule has 2 aliphatic rings. The third-order valence-electron chi connectivity index (χ3n) is 3.53. The summed E-state index contributed by atoms with van der Waals surface area (Å²) in [6, 6.07) is 1.70. The number of hydrogen-bond acceptors (Lipinski definition) is 4. The Morgan fingerprint density at radius 3 is 2.89 bits per heavy atom. The van der Waals surface area contributed by atoms with Crippen molar-refractivity contribution in [2.24, 2.45) is 0 Å². The van der Waals surface area contributed by atoms with Gasteiger partial charge in [0.25, 0.3) is 0 Å². The minimum Gasteiger partial charge on any atom is -0.454 e. The smallest absolute Gasteiger partial charge is 0.231 e. The van der Waals surface area contributed by atoms with E-state index in [1.807, 2.05) is 0 Å². The van der Waals surface area contributed by atoms with Crippen LogP contribution < -0.4 is 14.8 Å². The molecular weight excluding hydrogens is 271 g/mol. The Kier molecular flexibility index (Phi) is 3.77. The van der Waals surface area contributed by atoms with Gasteiger partial charge in [-0.1, -0.05) is 11.6 Å². The molecule has 104 valence electrons. The van der Waals surface area contributed by atoms with Crippen LogP contribution in [-0.4, -0.2) is 44.4 Å². The topological polar surface area (TPSA) is 33.7 Å². The van der Waals surface area contributed by atoms with Crippen molar-refractivity contribution < 1.29 is 13.9 Å². The van der Waals surface area contributed by atoms with Crippen LogP contribution >= 0.6 is 11.6 Å².